The molecule has 10 aromatic rings. The second-order valence-corrected chi connectivity index (χ2v) is 14.4. The van der Waals surface area contributed by atoms with Crippen LogP contribution in [0, 0.1) is 0 Å². The van der Waals surface area contributed by atoms with Gasteiger partial charge in [0.25, 0.3) is 0 Å². The maximum atomic E-state index is 5.07. The minimum atomic E-state index is 0.651. The quantitative estimate of drug-likeness (QED) is 0.174. The fourth-order valence-corrected chi connectivity index (χ4v) is 8.32. The average Bonchev–Trinajstić information content (AvgIpc) is 3.61. The lowest BCUT2D eigenvalue weighted by Gasteiger charge is -2.09. The molecule has 2 heterocycles. The first-order valence-electron chi connectivity index (χ1n) is 17.8. The monoisotopic (exact) mass is 693 g/mol. The van der Waals surface area contributed by atoms with Crippen LogP contribution in [0.25, 0.3) is 98.5 Å². The third-order valence-electron chi connectivity index (χ3n) is 9.93. The van der Waals surface area contributed by atoms with Gasteiger partial charge in [0.1, 0.15) is 0 Å². The molecule has 4 heteroatoms. The van der Waals surface area contributed by atoms with Crippen molar-refractivity contribution in [3.8, 4) is 67.5 Å². The van der Waals surface area contributed by atoms with Crippen molar-refractivity contribution >= 4 is 42.3 Å². The molecule has 53 heavy (non-hydrogen) atoms. The molecule has 0 bridgehead atoms. The smallest absolute Gasteiger partial charge is 0.164 e. The first-order valence-corrected chi connectivity index (χ1v) is 18.6. The fraction of sp³-hybridized carbons (Fsp3) is 0. The van der Waals surface area contributed by atoms with Crippen molar-refractivity contribution in [3.63, 3.8) is 0 Å². The van der Waals surface area contributed by atoms with Crippen molar-refractivity contribution < 1.29 is 0 Å². The summed E-state index contributed by atoms with van der Waals surface area (Å²) < 4.78 is 2.46. The molecule has 0 fully saturated rings. The van der Waals surface area contributed by atoms with Gasteiger partial charge in [-0.25, -0.2) is 15.0 Å². The van der Waals surface area contributed by atoms with Crippen LogP contribution in [-0.4, -0.2) is 15.0 Å². The van der Waals surface area contributed by atoms with Gasteiger partial charge in [0.05, 0.1) is 0 Å². The van der Waals surface area contributed by atoms with Gasteiger partial charge in [-0.15, -0.1) is 11.3 Å². The standard InChI is InChI=1S/C49H31N3S/c1-3-10-32(11-4-1)38-16-9-17-39(28-38)41-24-26-43-44-27-25-42(31-46(44)53-45(43)30-41)49-51-47(35-13-5-2-6-14-35)50-48(52-49)36-21-18-34(19-22-36)40-23-20-33-12-7-8-15-37(33)29-40/h1-31H. The summed E-state index contributed by atoms with van der Waals surface area (Å²) in [4.78, 5) is 15.1. The Morgan fingerprint density at radius 2 is 0.679 bits per heavy atom. The van der Waals surface area contributed by atoms with Crippen LogP contribution in [0.1, 0.15) is 0 Å². The van der Waals surface area contributed by atoms with Gasteiger partial charge < -0.3 is 0 Å². The van der Waals surface area contributed by atoms with Crippen LogP contribution in [0.3, 0.4) is 0 Å². The van der Waals surface area contributed by atoms with E-state index in [4.69, 9.17) is 15.0 Å². The zero-order valence-corrected chi connectivity index (χ0v) is 29.5. The molecule has 0 aliphatic heterocycles. The van der Waals surface area contributed by atoms with Crippen LogP contribution >= 0.6 is 11.3 Å². The summed E-state index contributed by atoms with van der Waals surface area (Å²) in [6, 6.07) is 66.5. The summed E-state index contributed by atoms with van der Waals surface area (Å²) in [6.45, 7) is 0. The third kappa shape index (κ3) is 5.95. The van der Waals surface area contributed by atoms with Crippen molar-refractivity contribution in [1.29, 1.82) is 0 Å². The highest BCUT2D eigenvalue weighted by Crippen LogP contribution is 2.39. The molecule has 0 N–H and O–H groups in total. The lowest BCUT2D eigenvalue weighted by molar-refractivity contribution is 1.07. The van der Waals surface area contributed by atoms with E-state index >= 15 is 0 Å². The number of hydrogen-bond donors (Lipinski definition) is 0. The zero-order valence-electron chi connectivity index (χ0n) is 28.6. The number of nitrogens with zero attached hydrogens (tertiary/aromatic N) is 3. The van der Waals surface area contributed by atoms with Crippen molar-refractivity contribution in [2.24, 2.45) is 0 Å². The van der Waals surface area contributed by atoms with Gasteiger partial charge in [-0.05, 0) is 68.4 Å². The zero-order chi connectivity index (χ0) is 35.1. The number of benzene rings is 8. The lowest BCUT2D eigenvalue weighted by atomic mass is 9.98. The Hall–Kier alpha value is -6.75. The Labute approximate surface area is 311 Å². The highest BCUT2D eigenvalue weighted by Gasteiger charge is 2.15. The van der Waals surface area contributed by atoms with Crippen LogP contribution in [0.5, 0.6) is 0 Å². The molecule has 0 radical (unpaired) electrons. The van der Waals surface area contributed by atoms with E-state index in [0.717, 1.165) is 22.3 Å². The Morgan fingerprint density at radius 1 is 0.264 bits per heavy atom. The number of fused-ring (bicyclic) bond motifs is 4. The second kappa shape index (κ2) is 13.1. The van der Waals surface area contributed by atoms with Crippen LogP contribution in [0.2, 0.25) is 0 Å². The molecule has 0 aliphatic carbocycles. The summed E-state index contributed by atoms with van der Waals surface area (Å²) in [7, 11) is 0. The molecule has 3 nitrogen and oxygen atoms in total. The first-order chi connectivity index (χ1) is 26.2. The fourth-order valence-electron chi connectivity index (χ4n) is 7.14. The molecule has 2 aromatic heterocycles. The third-order valence-corrected chi connectivity index (χ3v) is 11.0. The van der Waals surface area contributed by atoms with E-state index in [1.165, 1.54) is 58.8 Å². The summed E-state index contributed by atoms with van der Waals surface area (Å²) in [6.07, 6.45) is 0. The van der Waals surface area contributed by atoms with Crippen molar-refractivity contribution in [2.45, 2.75) is 0 Å². The minimum absolute atomic E-state index is 0.651. The van der Waals surface area contributed by atoms with E-state index in [9.17, 15) is 0 Å². The summed E-state index contributed by atoms with van der Waals surface area (Å²) in [5.74, 6) is 1.96. The van der Waals surface area contributed by atoms with Crippen molar-refractivity contribution in [1.82, 2.24) is 15.0 Å². The topological polar surface area (TPSA) is 38.7 Å². The molecule has 0 saturated heterocycles. The van der Waals surface area contributed by atoms with Gasteiger partial charge in [-0.1, -0.05) is 164 Å². The second-order valence-electron chi connectivity index (χ2n) is 13.3. The predicted molar refractivity (Wildman–Crippen MR) is 223 cm³/mol. The molecular formula is C49H31N3S. The highest BCUT2D eigenvalue weighted by atomic mass is 32.1. The number of hydrogen-bond acceptors (Lipinski definition) is 4. The van der Waals surface area contributed by atoms with Gasteiger partial charge in [0, 0.05) is 36.9 Å². The number of rotatable bonds is 6. The highest BCUT2D eigenvalue weighted by molar-refractivity contribution is 7.25. The average molecular weight is 694 g/mol. The first kappa shape index (κ1) is 31.0. The molecule has 10 rings (SSSR count). The minimum Gasteiger partial charge on any atom is -0.208 e. The Kier molecular flexibility index (Phi) is 7.67. The van der Waals surface area contributed by atoms with E-state index in [1.807, 2.05) is 41.7 Å². The Balaban J connectivity index is 1.02. The predicted octanol–water partition coefficient (Wildman–Crippen LogP) is 13.4. The normalized spacial score (nSPS) is 11.4. The summed E-state index contributed by atoms with van der Waals surface area (Å²) >= 11 is 1.81. The largest absolute Gasteiger partial charge is 0.208 e. The summed E-state index contributed by atoms with van der Waals surface area (Å²) in [5, 5.41) is 4.96. The Morgan fingerprint density at radius 3 is 1.38 bits per heavy atom. The molecule has 0 unspecified atom stereocenters. The van der Waals surface area contributed by atoms with Gasteiger partial charge in [0.15, 0.2) is 17.5 Å². The van der Waals surface area contributed by atoms with E-state index in [2.05, 4.69) is 158 Å². The number of thiophene rings is 1. The van der Waals surface area contributed by atoms with Crippen molar-refractivity contribution in [3.05, 3.63) is 188 Å². The SMILES string of the molecule is c1ccc(-c2cccc(-c3ccc4c(c3)sc3cc(-c5nc(-c6ccccc6)nc(-c6ccc(-c7ccc8ccccc8c7)cc6)n5)ccc34)c2)cc1. The molecule has 0 spiro atoms. The van der Waals surface area contributed by atoms with Crippen LogP contribution in [-0.2, 0) is 0 Å². The van der Waals surface area contributed by atoms with Crippen LogP contribution in [0.15, 0.2) is 188 Å². The molecule has 8 aromatic carbocycles. The molecular weight excluding hydrogens is 663 g/mol. The molecule has 0 saturated carbocycles. The van der Waals surface area contributed by atoms with Crippen LogP contribution < -0.4 is 0 Å². The van der Waals surface area contributed by atoms with Gasteiger partial charge in [0.2, 0.25) is 0 Å². The van der Waals surface area contributed by atoms with E-state index in [-0.39, 0.29) is 0 Å². The van der Waals surface area contributed by atoms with Gasteiger partial charge in [-0.2, -0.15) is 0 Å². The molecule has 0 amide bonds. The van der Waals surface area contributed by atoms with Crippen LogP contribution in [0.4, 0.5) is 0 Å². The van der Waals surface area contributed by atoms with Gasteiger partial charge in [-0.3, -0.25) is 0 Å². The molecule has 248 valence electrons. The van der Waals surface area contributed by atoms with E-state index in [1.54, 1.807) is 0 Å². The number of aromatic nitrogens is 3. The summed E-state index contributed by atoms with van der Waals surface area (Å²) in [5.41, 5.74) is 10.1. The lowest BCUT2D eigenvalue weighted by Crippen LogP contribution is -2.00. The maximum Gasteiger partial charge on any atom is 0.164 e. The van der Waals surface area contributed by atoms with E-state index in [0.29, 0.717) is 17.5 Å². The molecule has 0 atom stereocenters. The maximum absolute atomic E-state index is 5.07. The van der Waals surface area contributed by atoms with Gasteiger partial charge >= 0.3 is 0 Å². The Bertz CT molecular complexity index is 2930. The van der Waals surface area contributed by atoms with E-state index < -0.39 is 0 Å². The van der Waals surface area contributed by atoms with Crippen molar-refractivity contribution in [2.75, 3.05) is 0 Å². The molecule has 0 aliphatic rings.